The number of carbonyl (C=O) groups excluding carboxylic acids is 1. The van der Waals surface area contributed by atoms with E-state index in [0.717, 1.165) is 30.0 Å². The Kier molecular flexibility index (Phi) is 5.82. The quantitative estimate of drug-likeness (QED) is 0.779. The number of nitriles is 1. The van der Waals surface area contributed by atoms with Gasteiger partial charge in [-0.3, -0.25) is 10.1 Å². The second-order valence-corrected chi connectivity index (χ2v) is 9.97. The highest BCUT2D eigenvalue weighted by Crippen LogP contribution is 2.38. The topological polar surface area (TPSA) is 91.6 Å². The number of amides is 1. The van der Waals surface area contributed by atoms with E-state index in [9.17, 15) is 10.1 Å². The summed E-state index contributed by atoms with van der Waals surface area (Å²) in [5.74, 6) is 0.606. The number of aromatic nitrogens is 3. The molecule has 1 aliphatic carbocycles. The number of nitrogens with one attached hydrogen (secondary N) is 1. The number of pyridine rings is 1. The Labute approximate surface area is 167 Å². The number of hydrogen-bond donors (Lipinski definition) is 1. The van der Waals surface area contributed by atoms with Crippen LogP contribution in [-0.2, 0) is 17.6 Å². The molecule has 2 aromatic rings. The number of rotatable bonds is 4. The Bertz CT molecular complexity index is 894. The molecule has 0 spiro atoms. The lowest BCUT2D eigenvalue weighted by atomic mass is 9.71. The van der Waals surface area contributed by atoms with Crippen LogP contribution in [0.5, 0.6) is 0 Å². The van der Waals surface area contributed by atoms with Gasteiger partial charge in [0.25, 0.3) is 0 Å². The predicted octanol–water partition coefficient (Wildman–Crippen LogP) is 4.00. The standard InChI is InChI=1S/C19H23N5OS2/c1-11-23-24-18(27-11)22-16(25)10-26-17-13(9-20)7-12-8-14(19(2,3)4)5-6-15(12)21-17/h7,14H,5-6,8,10H2,1-4H3,(H,22,24,25). The molecule has 3 rings (SSSR count). The van der Waals surface area contributed by atoms with Crippen LogP contribution in [0.1, 0.15) is 49.0 Å². The summed E-state index contributed by atoms with van der Waals surface area (Å²) in [7, 11) is 0. The van der Waals surface area contributed by atoms with Crippen molar-refractivity contribution in [2.24, 2.45) is 11.3 Å². The van der Waals surface area contributed by atoms with Crippen LogP contribution in [0.2, 0.25) is 0 Å². The molecule has 1 amide bonds. The van der Waals surface area contributed by atoms with Crippen LogP contribution < -0.4 is 5.32 Å². The van der Waals surface area contributed by atoms with Gasteiger partial charge in [0.2, 0.25) is 11.0 Å². The molecule has 0 radical (unpaired) electrons. The number of aryl methyl sites for hydroxylation is 2. The van der Waals surface area contributed by atoms with E-state index in [1.165, 1.54) is 28.7 Å². The molecule has 0 saturated heterocycles. The van der Waals surface area contributed by atoms with E-state index in [2.05, 4.69) is 42.4 Å². The zero-order chi connectivity index (χ0) is 19.6. The molecule has 0 bridgehead atoms. The summed E-state index contributed by atoms with van der Waals surface area (Å²) in [6.45, 7) is 8.64. The first-order chi connectivity index (χ1) is 12.8. The lowest BCUT2D eigenvalue weighted by molar-refractivity contribution is -0.113. The molecular weight excluding hydrogens is 378 g/mol. The van der Waals surface area contributed by atoms with Gasteiger partial charge in [-0.2, -0.15) is 5.26 Å². The van der Waals surface area contributed by atoms with Crippen LogP contribution in [0.15, 0.2) is 11.1 Å². The van der Waals surface area contributed by atoms with Crippen molar-refractivity contribution in [1.29, 1.82) is 5.26 Å². The minimum absolute atomic E-state index is 0.174. The highest BCUT2D eigenvalue weighted by atomic mass is 32.2. The molecule has 142 valence electrons. The molecular formula is C19H23N5OS2. The van der Waals surface area contributed by atoms with Crippen molar-refractivity contribution in [2.45, 2.75) is 52.0 Å². The Hall–Kier alpha value is -1.98. The lowest BCUT2D eigenvalue weighted by Gasteiger charge is -2.34. The van der Waals surface area contributed by atoms with E-state index in [1.54, 1.807) is 0 Å². The van der Waals surface area contributed by atoms with Crippen molar-refractivity contribution >= 4 is 34.1 Å². The zero-order valence-electron chi connectivity index (χ0n) is 16.0. The van der Waals surface area contributed by atoms with Crippen LogP contribution in [0.4, 0.5) is 5.13 Å². The van der Waals surface area contributed by atoms with Crippen molar-refractivity contribution in [3.8, 4) is 6.07 Å². The fourth-order valence-corrected chi connectivity index (χ4v) is 4.59. The molecule has 2 aromatic heterocycles. The van der Waals surface area contributed by atoms with Crippen LogP contribution in [-0.4, -0.2) is 26.8 Å². The van der Waals surface area contributed by atoms with Crippen molar-refractivity contribution in [3.63, 3.8) is 0 Å². The van der Waals surface area contributed by atoms with Gasteiger partial charge in [-0.1, -0.05) is 43.9 Å². The Morgan fingerprint density at radius 2 is 2.22 bits per heavy atom. The van der Waals surface area contributed by atoms with Crippen LogP contribution in [0, 0.1) is 29.6 Å². The Balaban J connectivity index is 1.69. The Morgan fingerprint density at radius 1 is 1.44 bits per heavy atom. The highest BCUT2D eigenvalue weighted by Gasteiger charge is 2.30. The van der Waals surface area contributed by atoms with E-state index >= 15 is 0 Å². The second kappa shape index (κ2) is 7.95. The number of carbonyl (C=O) groups is 1. The first-order valence-corrected chi connectivity index (χ1v) is 10.7. The number of thioether (sulfide) groups is 1. The predicted molar refractivity (Wildman–Crippen MR) is 108 cm³/mol. The van der Waals surface area contributed by atoms with E-state index in [0.29, 0.717) is 21.6 Å². The van der Waals surface area contributed by atoms with Crippen LogP contribution in [0.25, 0.3) is 0 Å². The number of hydrogen-bond acceptors (Lipinski definition) is 7. The van der Waals surface area contributed by atoms with Crippen molar-refractivity contribution in [1.82, 2.24) is 15.2 Å². The molecule has 1 atom stereocenters. The van der Waals surface area contributed by atoms with Gasteiger partial charge in [0.1, 0.15) is 16.1 Å². The number of fused-ring (bicyclic) bond motifs is 1. The van der Waals surface area contributed by atoms with Gasteiger partial charge in [0.05, 0.1) is 11.3 Å². The second-order valence-electron chi connectivity index (χ2n) is 7.83. The normalized spacial score (nSPS) is 16.5. The first-order valence-electron chi connectivity index (χ1n) is 8.92. The number of anilines is 1. The van der Waals surface area contributed by atoms with E-state index in [1.807, 2.05) is 13.0 Å². The molecule has 0 saturated carbocycles. The maximum absolute atomic E-state index is 12.1. The molecule has 0 aromatic carbocycles. The van der Waals surface area contributed by atoms with Gasteiger partial charge < -0.3 is 0 Å². The summed E-state index contributed by atoms with van der Waals surface area (Å²) in [5.41, 5.74) is 3.04. The maximum Gasteiger partial charge on any atom is 0.236 e. The summed E-state index contributed by atoms with van der Waals surface area (Å²) in [4.78, 5) is 16.9. The molecule has 2 heterocycles. The average molecular weight is 402 g/mol. The summed E-state index contributed by atoms with van der Waals surface area (Å²) in [6, 6.07) is 4.21. The molecule has 1 aliphatic rings. The molecule has 6 nitrogen and oxygen atoms in total. The van der Waals surface area contributed by atoms with Gasteiger partial charge in [-0.15, -0.1) is 10.2 Å². The summed E-state index contributed by atoms with van der Waals surface area (Å²) in [5, 5.41) is 21.9. The van der Waals surface area contributed by atoms with E-state index < -0.39 is 0 Å². The highest BCUT2D eigenvalue weighted by molar-refractivity contribution is 8.00. The molecule has 1 N–H and O–H groups in total. The summed E-state index contributed by atoms with van der Waals surface area (Å²) >= 11 is 2.63. The van der Waals surface area contributed by atoms with Crippen molar-refractivity contribution in [2.75, 3.05) is 11.1 Å². The third-order valence-corrected chi connectivity index (χ3v) is 6.55. The summed E-state index contributed by atoms with van der Waals surface area (Å²) < 4.78 is 0. The van der Waals surface area contributed by atoms with Gasteiger partial charge in [0, 0.05) is 5.69 Å². The monoisotopic (exact) mass is 401 g/mol. The van der Waals surface area contributed by atoms with E-state index in [4.69, 9.17) is 4.98 Å². The van der Waals surface area contributed by atoms with Crippen molar-refractivity contribution < 1.29 is 4.79 Å². The zero-order valence-corrected chi connectivity index (χ0v) is 17.6. The SMILES string of the molecule is Cc1nnc(NC(=O)CSc2nc3c(cc2C#N)CC(C(C)(C)C)CC3)s1. The van der Waals surface area contributed by atoms with Crippen LogP contribution in [0.3, 0.4) is 0 Å². The minimum Gasteiger partial charge on any atom is -0.300 e. The molecule has 0 aliphatic heterocycles. The molecule has 1 unspecified atom stereocenters. The molecule has 27 heavy (non-hydrogen) atoms. The smallest absolute Gasteiger partial charge is 0.236 e. The van der Waals surface area contributed by atoms with E-state index in [-0.39, 0.29) is 17.1 Å². The fourth-order valence-electron chi connectivity index (χ4n) is 3.21. The summed E-state index contributed by atoms with van der Waals surface area (Å²) in [6.07, 6.45) is 2.99. The lowest BCUT2D eigenvalue weighted by Crippen LogP contribution is -2.27. The van der Waals surface area contributed by atoms with Gasteiger partial charge in [0.15, 0.2) is 0 Å². The molecule has 8 heteroatoms. The van der Waals surface area contributed by atoms with Gasteiger partial charge in [-0.05, 0) is 49.1 Å². The van der Waals surface area contributed by atoms with Crippen molar-refractivity contribution in [3.05, 3.63) is 27.9 Å². The largest absolute Gasteiger partial charge is 0.300 e. The van der Waals surface area contributed by atoms with Gasteiger partial charge >= 0.3 is 0 Å². The maximum atomic E-state index is 12.1. The third-order valence-electron chi connectivity index (χ3n) is 4.81. The van der Waals surface area contributed by atoms with Gasteiger partial charge in [-0.25, -0.2) is 4.98 Å². The third kappa shape index (κ3) is 4.85. The average Bonchev–Trinajstić information content (AvgIpc) is 3.02. The van der Waals surface area contributed by atoms with Crippen LogP contribution >= 0.6 is 23.1 Å². The minimum atomic E-state index is -0.174. The Morgan fingerprint density at radius 3 is 2.85 bits per heavy atom. The molecule has 0 fully saturated rings. The number of nitrogens with zero attached hydrogens (tertiary/aromatic N) is 4. The fraction of sp³-hybridized carbons (Fsp3) is 0.526. The first kappa shape index (κ1) is 19.8.